The number of benzene rings is 1. The zero-order valence-corrected chi connectivity index (χ0v) is 15.1. The average molecular weight is 358 g/mol. The average Bonchev–Trinajstić information content (AvgIpc) is 3.26. The molecule has 1 atom stereocenters. The molecule has 3 aromatic rings. The second kappa shape index (κ2) is 7.59. The molecule has 24 heavy (non-hydrogen) atoms. The molecule has 2 heterocycles. The number of ether oxygens (including phenoxy) is 1. The van der Waals surface area contributed by atoms with Crippen LogP contribution in [0.25, 0.3) is 10.6 Å². The van der Waals surface area contributed by atoms with Gasteiger partial charge in [-0.3, -0.25) is 4.79 Å². The van der Waals surface area contributed by atoms with Crippen LogP contribution in [0.1, 0.15) is 22.2 Å². The van der Waals surface area contributed by atoms with Gasteiger partial charge in [0.25, 0.3) is 5.91 Å². The number of rotatable bonds is 6. The normalized spacial score (nSPS) is 11.9. The number of thiazole rings is 1. The van der Waals surface area contributed by atoms with Crippen LogP contribution in [0, 0.1) is 0 Å². The fourth-order valence-corrected chi connectivity index (χ4v) is 3.93. The lowest BCUT2D eigenvalue weighted by Crippen LogP contribution is -2.33. The fraction of sp³-hybridized carbons (Fsp3) is 0.222. The Morgan fingerprint density at radius 2 is 2.25 bits per heavy atom. The Labute approximate surface area is 149 Å². The van der Waals surface area contributed by atoms with Crippen LogP contribution in [0.4, 0.5) is 0 Å². The van der Waals surface area contributed by atoms with Gasteiger partial charge >= 0.3 is 0 Å². The highest BCUT2D eigenvalue weighted by molar-refractivity contribution is 7.17. The van der Waals surface area contributed by atoms with Gasteiger partial charge in [-0.15, -0.1) is 11.3 Å². The Bertz CT molecular complexity index is 812. The Hall–Kier alpha value is -2.18. The zero-order chi connectivity index (χ0) is 16.9. The van der Waals surface area contributed by atoms with Crippen molar-refractivity contribution in [3.63, 3.8) is 0 Å². The number of carbonyl (C=O) groups excluding carboxylic acids is 1. The molecule has 0 aliphatic carbocycles. The van der Waals surface area contributed by atoms with Gasteiger partial charge < -0.3 is 10.1 Å². The molecule has 0 saturated carbocycles. The van der Waals surface area contributed by atoms with Crippen molar-refractivity contribution >= 4 is 28.6 Å². The minimum atomic E-state index is -0.0793. The molecule has 0 spiro atoms. The first kappa shape index (κ1) is 16.7. The van der Waals surface area contributed by atoms with E-state index < -0.39 is 0 Å². The number of hydrogen-bond acceptors (Lipinski definition) is 5. The molecule has 6 heteroatoms. The van der Waals surface area contributed by atoms with Gasteiger partial charge in [0.1, 0.15) is 15.6 Å². The van der Waals surface area contributed by atoms with Gasteiger partial charge in [-0.1, -0.05) is 12.1 Å². The highest BCUT2D eigenvalue weighted by Crippen LogP contribution is 2.27. The molecule has 1 N–H and O–H groups in total. The van der Waals surface area contributed by atoms with Gasteiger partial charge in [-0.25, -0.2) is 4.98 Å². The maximum atomic E-state index is 12.4. The quantitative estimate of drug-likeness (QED) is 0.717. The number of carbonyl (C=O) groups is 1. The topological polar surface area (TPSA) is 51.2 Å². The van der Waals surface area contributed by atoms with E-state index in [1.54, 1.807) is 24.6 Å². The number of methoxy groups -OCH3 is 1. The lowest BCUT2D eigenvalue weighted by Gasteiger charge is -2.13. The minimum absolute atomic E-state index is 0.0244. The van der Waals surface area contributed by atoms with Crippen molar-refractivity contribution in [2.45, 2.75) is 19.4 Å². The molecule has 0 radical (unpaired) electrons. The number of amides is 1. The summed E-state index contributed by atoms with van der Waals surface area (Å²) < 4.78 is 5.23. The van der Waals surface area contributed by atoms with Gasteiger partial charge in [-0.05, 0) is 42.5 Å². The smallest absolute Gasteiger partial charge is 0.263 e. The van der Waals surface area contributed by atoms with E-state index in [4.69, 9.17) is 4.74 Å². The number of thiophene rings is 1. The molecule has 0 aliphatic rings. The van der Waals surface area contributed by atoms with E-state index in [0.717, 1.165) is 28.3 Å². The van der Waals surface area contributed by atoms with Gasteiger partial charge in [0, 0.05) is 17.0 Å². The Morgan fingerprint density at radius 3 is 3.00 bits per heavy atom. The predicted molar refractivity (Wildman–Crippen MR) is 99.1 cm³/mol. The highest BCUT2D eigenvalue weighted by Gasteiger charge is 2.14. The molecule has 4 nitrogen and oxygen atoms in total. The summed E-state index contributed by atoms with van der Waals surface area (Å²) in [7, 11) is 1.65. The van der Waals surface area contributed by atoms with E-state index in [1.807, 2.05) is 48.0 Å². The summed E-state index contributed by atoms with van der Waals surface area (Å²) in [5.41, 5.74) is 2.19. The number of aromatic nitrogens is 1. The van der Waals surface area contributed by atoms with Gasteiger partial charge in [0.15, 0.2) is 0 Å². The summed E-state index contributed by atoms with van der Waals surface area (Å²) in [6, 6.07) is 9.93. The Kier molecular flexibility index (Phi) is 5.27. The molecular weight excluding hydrogens is 340 g/mol. The first-order valence-electron chi connectivity index (χ1n) is 7.58. The second-order valence-electron chi connectivity index (χ2n) is 5.47. The molecule has 1 aromatic carbocycles. The molecule has 0 fully saturated rings. The molecule has 1 amide bonds. The molecule has 3 rings (SSSR count). The molecule has 1 unspecified atom stereocenters. The summed E-state index contributed by atoms with van der Waals surface area (Å²) in [4.78, 5) is 17.4. The lowest BCUT2D eigenvalue weighted by molar-refractivity contribution is 0.0944. The summed E-state index contributed by atoms with van der Waals surface area (Å²) in [6.07, 6.45) is 2.39. The third-order valence-corrected chi connectivity index (χ3v) is 5.28. The lowest BCUT2D eigenvalue weighted by atomic mass is 10.1. The van der Waals surface area contributed by atoms with Crippen LogP contribution in [-0.4, -0.2) is 24.0 Å². The van der Waals surface area contributed by atoms with Crippen LogP contribution < -0.4 is 10.1 Å². The van der Waals surface area contributed by atoms with E-state index >= 15 is 0 Å². The zero-order valence-electron chi connectivity index (χ0n) is 13.5. The van der Waals surface area contributed by atoms with Gasteiger partial charge in [-0.2, -0.15) is 11.3 Å². The van der Waals surface area contributed by atoms with Crippen LogP contribution in [0.15, 0.2) is 47.3 Å². The maximum Gasteiger partial charge on any atom is 0.263 e. The van der Waals surface area contributed by atoms with Gasteiger partial charge in [0.2, 0.25) is 0 Å². The molecular formula is C18H18N2O2S2. The largest absolute Gasteiger partial charge is 0.497 e. The number of nitrogens with one attached hydrogen (secondary N) is 1. The van der Waals surface area contributed by atoms with Crippen LogP contribution in [0.2, 0.25) is 0 Å². The summed E-state index contributed by atoms with van der Waals surface area (Å²) in [5, 5.41) is 7.95. The van der Waals surface area contributed by atoms with Crippen LogP contribution in [0.3, 0.4) is 0 Å². The standard InChI is InChI=1S/C18H18N2O2S2/c1-12(8-13-4-3-5-15(9-13)22-2)20-17(21)16-10-19-18(24-16)14-6-7-23-11-14/h3-7,9-12H,8H2,1-2H3,(H,20,21). The number of hydrogen-bond donors (Lipinski definition) is 1. The Balaban J connectivity index is 1.61. The van der Waals surface area contributed by atoms with E-state index in [1.165, 1.54) is 11.3 Å². The fourth-order valence-electron chi connectivity index (χ4n) is 2.40. The van der Waals surface area contributed by atoms with Crippen molar-refractivity contribution in [2.75, 3.05) is 7.11 Å². The summed E-state index contributed by atoms with van der Waals surface area (Å²) in [5.74, 6) is 0.748. The highest BCUT2D eigenvalue weighted by atomic mass is 32.1. The monoisotopic (exact) mass is 358 g/mol. The number of nitrogens with zero attached hydrogens (tertiary/aromatic N) is 1. The van der Waals surface area contributed by atoms with Crippen molar-refractivity contribution in [1.29, 1.82) is 0 Å². The van der Waals surface area contributed by atoms with Crippen LogP contribution in [0.5, 0.6) is 5.75 Å². The Morgan fingerprint density at radius 1 is 1.38 bits per heavy atom. The summed E-state index contributed by atoms with van der Waals surface area (Å²) >= 11 is 3.04. The van der Waals surface area contributed by atoms with Crippen molar-refractivity contribution in [3.05, 3.63) is 57.7 Å². The van der Waals surface area contributed by atoms with Gasteiger partial charge in [0.05, 0.1) is 13.3 Å². The SMILES string of the molecule is COc1cccc(CC(C)NC(=O)c2cnc(-c3ccsc3)s2)c1. The van der Waals surface area contributed by atoms with Crippen LogP contribution >= 0.6 is 22.7 Å². The second-order valence-corrected chi connectivity index (χ2v) is 7.28. The third-order valence-electron chi connectivity index (χ3n) is 3.55. The maximum absolute atomic E-state index is 12.4. The minimum Gasteiger partial charge on any atom is -0.497 e. The van der Waals surface area contributed by atoms with Crippen LogP contribution in [-0.2, 0) is 6.42 Å². The van der Waals surface area contributed by atoms with E-state index in [-0.39, 0.29) is 11.9 Å². The van der Waals surface area contributed by atoms with Crippen molar-refractivity contribution in [2.24, 2.45) is 0 Å². The molecule has 2 aromatic heterocycles. The predicted octanol–water partition coefficient (Wildman–Crippen LogP) is 4.24. The van der Waals surface area contributed by atoms with E-state index in [9.17, 15) is 4.79 Å². The van der Waals surface area contributed by atoms with E-state index in [2.05, 4.69) is 10.3 Å². The van der Waals surface area contributed by atoms with Crippen molar-refractivity contribution in [3.8, 4) is 16.3 Å². The molecule has 0 aliphatic heterocycles. The first-order chi connectivity index (χ1) is 11.7. The summed E-state index contributed by atoms with van der Waals surface area (Å²) in [6.45, 7) is 2.00. The van der Waals surface area contributed by atoms with Crippen molar-refractivity contribution in [1.82, 2.24) is 10.3 Å². The first-order valence-corrected chi connectivity index (χ1v) is 9.34. The molecule has 0 bridgehead atoms. The molecule has 124 valence electrons. The van der Waals surface area contributed by atoms with Crippen molar-refractivity contribution < 1.29 is 9.53 Å². The third kappa shape index (κ3) is 4.01. The molecule has 0 saturated heterocycles. The van der Waals surface area contributed by atoms with E-state index in [0.29, 0.717) is 4.88 Å².